The van der Waals surface area contributed by atoms with Gasteiger partial charge in [0.05, 0.1) is 17.6 Å². The van der Waals surface area contributed by atoms with Crippen LogP contribution in [0.5, 0.6) is 0 Å². The molecule has 3 saturated heterocycles. The van der Waals surface area contributed by atoms with Crippen molar-refractivity contribution in [3.05, 3.63) is 11.3 Å². The number of hydrogen-bond acceptors (Lipinski definition) is 7. The van der Waals surface area contributed by atoms with Gasteiger partial charge in [0.1, 0.15) is 22.7 Å². The van der Waals surface area contributed by atoms with Gasteiger partial charge in [0.15, 0.2) is 11.2 Å². The largest absolute Gasteiger partial charge is 0.511 e. The number of rotatable bonds is 0. The molecule has 27 heavy (non-hydrogen) atoms. The molecule has 3 N–H and O–H groups in total. The highest BCUT2D eigenvalue weighted by Gasteiger charge is 2.89. The molecule has 5 fully saturated rings. The molecular weight excluding hydrogens is 352 g/mol. The minimum absolute atomic E-state index is 0.0244. The van der Waals surface area contributed by atoms with E-state index in [0.29, 0.717) is 12.8 Å². The van der Waals surface area contributed by atoms with Gasteiger partial charge in [-0.1, -0.05) is 13.8 Å². The van der Waals surface area contributed by atoms with E-state index in [9.17, 15) is 24.9 Å². The first-order valence-corrected chi connectivity index (χ1v) is 9.74. The molecule has 4 bridgehead atoms. The lowest BCUT2D eigenvalue weighted by molar-refractivity contribution is -0.379. The molecular formula is C20H26O7. The zero-order valence-electron chi connectivity index (χ0n) is 16.0. The Balaban J connectivity index is 1.86. The summed E-state index contributed by atoms with van der Waals surface area (Å²) in [7, 11) is 0. The van der Waals surface area contributed by atoms with E-state index in [2.05, 4.69) is 0 Å². The zero-order valence-corrected chi connectivity index (χ0v) is 16.0. The van der Waals surface area contributed by atoms with Gasteiger partial charge in [-0.05, 0) is 26.7 Å². The standard InChI is InChI=1S/C20H26O7/c1-8-5-9(2)14(22)12-16(24)26-19-7-17(3,25)18(4)15(23)11(19)6-10(13(8)21)20(12,19)27-18/h8-11,15,22-23,25H,5-7H2,1-4H3/b14-12+/t8-,9+,10+,11+,15+,17-,18-,19+,20-/m1/s1. The fraction of sp³-hybridized carbons (Fsp3) is 0.800. The average molecular weight is 378 g/mol. The highest BCUT2D eigenvalue weighted by molar-refractivity contribution is 6.00. The third kappa shape index (κ3) is 1.56. The van der Waals surface area contributed by atoms with Crippen LogP contribution in [-0.2, 0) is 19.1 Å². The van der Waals surface area contributed by atoms with Gasteiger partial charge in [0, 0.05) is 24.2 Å². The van der Waals surface area contributed by atoms with Gasteiger partial charge < -0.3 is 24.8 Å². The van der Waals surface area contributed by atoms with Crippen LogP contribution in [0.1, 0.15) is 47.0 Å². The summed E-state index contributed by atoms with van der Waals surface area (Å²) in [5.41, 5.74) is -5.59. The Morgan fingerprint density at radius 1 is 1.11 bits per heavy atom. The van der Waals surface area contributed by atoms with Crippen molar-refractivity contribution in [3.8, 4) is 0 Å². The van der Waals surface area contributed by atoms with Crippen molar-refractivity contribution in [2.24, 2.45) is 23.7 Å². The maximum atomic E-state index is 13.3. The number of fused-ring (bicyclic) bond motifs is 1. The van der Waals surface area contributed by atoms with Crippen molar-refractivity contribution in [1.29, 1.82) is 0 Å². The Morgan fingerprint density at radius 2 is 1.78 bits per heavy atom. The van der Waals surface area contributed by atoms with Gasteiger partial charge in [-0.3, -0.25) is 4.79 Å². The maximum Gasteiger partial charge on any atom is 0.341 e. The van der Waals surface area contributed by atoms with Gasteiger partial charge in [0.25, 0.3) is 0 Å². The molecule has 6 aliphatic rings. The van der Waals surface area contributed by atoms with Gasteiger partial charge >= 0.3 is 5.97 Å². The van der Waals surface area contributed by atoms with E-state index in [1.54, 1.807) is 20.8 Å². The highest BCUT2D eigenvalue weighted by Crippen LogP contribution is 2.73. The monoisotopic (exact) mass is 378 g/mol. The first-order valence-electron chi connectivity index (χ1n) is 9.74. The molecule has 0 amide bonds. The number of aliphatic hydroxyl groups is 3. The van der Waals surface area contributed by atoms with Crippen molar-refractivity contribution in [1.82, 2.24) is 0 Å². The minimum atomic E-state index is -1.45. The number of esters is 1. The molecule has 0 aromatic carbocycles. The van der Waals surface area contributed by atoms with Gasteiger partial charge in [-0.2, -0.15) is 0 Å². The zero-order chi connectivity index (χ0) is 19.7. The van der Waals surface area contributed by atoms with Crippen LogP contribution in [0.3, 0.4) is 0 Å². The summed E-state index contributed by atoms with van der Waals surface area (Å²) in [6, 6.07) is 0. The van der Waals surface area contributed by atoms with Crippen LogP contribution in [0.25, 0.3) is 0 Å². The first kappa shape index (κ1) is 17.6. The Hall–Kier alpha value is -1.44. The van der Waals surface area contributed by atoms with Crippen LogP contribution in [-0.4, -0.2) is 55.6 Å². The van der Waals surface area contributed by atoms with Crippen molar-refractivity contribution in [2.75, 3.05) is 0 Å². The summed E-state index contributed by atoms with van der Waals surface area (Å²) in [5, 5.41) is 33.1. The second-order valence-corrected chi connectivity index (χ2v) is 9.71. The predicted molar refractivity (Wildman–Crippen MR) is 91.5 cm³/mol. The predicted octanol–water partition coefficient (Wildman–Crippen LogP) is 1.02. The number of carbonyl (C=O) groups is 2. The number of carbonyl (C=O) groups excluding carboxylic acids is 2. The molecule has 0 unspecified atom stereocenters. The van der Waals surface area contributed by atoms with Crippen molar-refractivity contribution >= 4 is 11.8 Å². The SMILES string of the molecule is C[C@@H]1C[C@H](C)/C(O)=C2/C(=O)O[C@]34C[C@@](C)(O)[C@]5(C)O[C@]23[C@@H](C[C@H]4[C@@H]5O)C1=O. The molecule has 2 saturated carbocycles. The Bertz CT molecular complexity index is 815. The summed E-state index contributed by atoms with van der Waals surface area (Å²) >= 11 is 0. The van der Waals surface area contributed by atoms with E-state index >= 15 is 0 Å². The summed E-state index contributed by atoms with van der Waals surface area (Å²) in [4.78, 5) is 26.3. The van der Waals surface area contributed by atoms with Crippen LogP contribution in [0.15, 0.2) is 11.3 Å². The molecule has 2 spiro atoms. The van der Waals surface area contributed by atoms with E-state index in [1.165, 1.54) is 0 Å². The number of ketones is 1. The third-order valence-corrected chi connectivity index (χ3v) is 8.31. The topological polar surface area (TPSA) is 113 Å². The Morgan fingerprint density at radius 3 is 2.44 bits per heavy atom. The molecule has 148 valence electrons. The van der Waals surface area contributed by atoms with Crippen molar-refractivity contribution < 1.29 is 34.4 Å². The molecule has 0 aromatic rings. The molecule has 3 aliphatic heterocycles. The molecule has 0 aromatic heterocycles. The fourth-order valence-corrected chi connectivity index (χ4v) is 6.83. The molecule has 3 heterocycles. The lowest BCUT2D eigenvalue weighted by Gasteiger charge is -2.65. The van der Waals surface area contributed by atoms with Crippen molar-refractivity contribution in [3.63, 3.8) is 0 Å². The van der Waals surface area contributed by atoms with Gasteiger partial charge in [0.2, 0.25) is 0 Å². The van der Waals surface area contributed by atoms with Crippen LogP contribution >= 0.6 is 0 Å². The molecule has 7 heteroatoms. The van der Waals surface area contributed by atoms with E-state index in [-0.39, 0.29) is 29.5 Å². The number of aliphatic hydroxyl groups excluding tert-OH is 2. The van der Waals surface area contributed by atoms with E-state index in [4.69, 9.17) is 9.47 Å². The molecule has 3 aliphatic carbocycles. The van der Waals surface area contributed by atoms with E-state index in [1.807, 2.05) is 6.92 Å². The smallest absolute Gasteiger partial charge is 0.341 e. The molecule has 7 nitrogen and oxygen atoms in total. The lowest BCUT2D eigenvalue weighted by Crippen LogP contribution is -2.81. The normalized spacial score (nSPS) is 61.5. The van der Waals surface area contributed by atoms with E-state index < -0.39 is 52.2 Å². The summed E-state index contributed by atoms with van der Waals surface area (Å²) in [6.07, 6.45) is -0.278. The average Bonchev–Trinajstić information content (AvgIpc) is 2.90. The Kier molecular flexibility index (Phi) is 2.99. The van der Waals surface area contributed by atoms with Crippen LogP contribution in [0.2, 0.25) is 0 Å². The summed E-state index contributed by atoms with van der Waals surface area (Å²) in [5.74, 6) is -2.75. The van der Waals surface area contributed by atoms with Crippen LogP contribution in [0.4, 0.5) is 0 Å². The van der Waals surface area contributed by atoms with Gasteiger partial charge in [-0.15, -0.1) is 0 Å². The number of Topliss-reactive ketones (excluding diaryl/α,β-unsaturated/α-hetero) is 1. The summed E-state index contributed by atoms with van der Waals surface area (Å²) < 4.78 is 12.3. The van der Waals surface area contributed by atoms with E-state index in [0.717, 1.165) is 0 Å². The summed E-state index contributed by atoms with van der Waals surface area (Å²) in [6.45, 7) is 6.79. The third-order valence-electron chi connectivity index (χ3n) is 8.31. The fourth-order valence-electron chi connectivity index (χ4n) is 6.83. The first-order chi connectivity index (χ1) is 12.4. The van der Waals surface area contributed by atoms with Crippen LogP contribution < -0.4 is 0 Å². The second-order valence-electron chi connectivity index (χ2n) is 9.71. The highest BCUT2D eigenvalue weighted by atomic mass is 16.6. The lowest BCUT2D eigenvalue weighted by atomic mass is 9.54. The number of ether oxygens (including phenoxy) is 2. The second kappa shape index (κ2) is 4.58. The van der Waals surface area contributed by atoms with Gasteiger partial charge in [-0.25, -0.2) is 4.79 Å². The number of allylic oxidation sites excluding steroid dienone is 1. The van der Waals surface area contributed by atoms with Crippen LogP contribution in [0, 0.1) is 23.7 Å². The molecule has 9 atom stereocenters. The minimum Gasteiger partial charge on any atom is -0.511 e. The Labute approximate surface area is 157 Å². The maximum absolute atomic E-state index is 13.3. The molecule has 0 radical (unpaired) electrons. The molecule has 6 rings (SSSR count). The van der Waals surface area contributed by atoms with Crippen molar-refractivity contribution in [2.45, 2.75) is 75.5 Å². The number of hydrogen-bond donors (Lipinski definition) is 3. The quantitative estimate of drug-likeness (QED) is 0.539.